The van der Waals surface area contributed by atoms with Crippen LogP contribution in [-0.2, 0) is 9.53 Å². The van der Waals surface area contributed by atoms with Gasteiger partial charge in [0.2, 0.25) is 0 Å². The molecule has 0 aliphatic heterocycles. The SMILES string of the molecule is COc1ccccc1C(=O)OCC(=O)N(CCC#N)c1cccc(Cl)c1. The number of carbonyl (C=O) groups excluding carboxylic acids is 2. The summed E-state index contributed by atoms with van der Waals surface area (Å²) in [5.41, 5.74) is 0.764. The standard InChI is InChI=1S/C19H17ClN2O4/c1-25-17-9-3-2-8-16(17)19(24)26-13-18(23)22(11-5-10-21)15-7-4-6-14(20)12-15/h2-4,6-9,12H,5,11,13H2,1H3. The van der Waals surface area contributed by atoms with Crippen LogP contribution in [0.15, 0.2) is 48.5 Å². The molecule has 0 saturated heterocycles. The lowest BCUT2D eigenvalue weighted by atomic mass is 10.2. The molecule has 2 aromatic carbocycles. The first-order chi connectivity index (χ1) is 12.6. The number of nitriles is 1. The molecule has 0 fully saturated rings. The van der Waals surface area contributed by atoms with E-state index in [1.165, 1.54) is 12.0 Å². The minimum absolute atomic E-state index is 0.138. The number of nitrogens with zero attached hydrogens (tertiary/aromatic N) is 2. The second-order valence-electron chi connectivity index (χ2n) is 5.21. The number of ether oxygens (including phenoxy) is 2. The number of halogens is 1. The van der Waals surface area contributed by atoms with E-state index in [2.05, 4.69) is 0 Å². The number of hydrogen-bond acceptors (Lipinski definition) is 5. The van der Waals surface area contributed by atoms with E-state index >= 15 is 0 Å². The van der Waals surface area contributed by atoms with Crippen LogP contribution in [0.2, 0.25) is 5.02 Å². The van der Waals surface area contributed by atoms with Crippen molar-refractivity contribution in [2.45, 2.75) is 6.42 Å². The smallest absolute Gasteiger partial charge is 0.342 e. The van der Waals surface area contributed by atoms with E-state index in [1.54, 1.807) is 48.5 Å². The summed E-state index contributed by atoms with van der Waals surface area (Å²) in [5.74, 6) is -0.756. The summed E-state index contributed by atoms with van der Waals surface area (Å²) in [6.07, 6.45) is 0.138. The Labute approximate surface area is 156 Å². The molecule has 0 N–H and O–H groups in total. The first kappa shape index (κ1) is 19.3. The Hall–Kier alpha value is -3.04. The number of benzene rings is 2. The Bertz CT molecular complexity index is 832. The zero-order valence-corrected chi connectivity index (χ0v) is 14.9. The summed E-state index contributed by atoms with van der Waals surface area (Å²) in [6, 6.07) is 15.3. The van der Waals surface area contributed by atoms with Crippen LogP contribution in [-0.4, -0.2) is 32.1 Å². The summed E-state index contributed by atoms with van der Waals surface area (Å²) in [6.45, 7) is -0.295. The highest BCUT2D eigenvalue weighted by atomic mass is 35.5. The van der Waals surface area contributed by atoms with Crippen LogP contribution in [0.5, 0.6) is 5.75 Å². The Morgan fingerprint density at radius 2 is 1.96 bits per heavy atom. The van der Waals surface area contributed by atoms with Crippen molar-refractivity contribution < 1.29 is 19.1 Å². The van der Waals surface area contributed by atoms with Crippen LogP contribution in [0.25, 0.3) is 0 Å². The lowest BCUT2D eigenvalue weighted by molar-refractivity contribution is -0.121. The van der Waals surface area contributed by atoms with Crippen LogP contribution < -0.4 is 9.64 Å². The fourth-order valence-electron chi connectivity index (χ4n) is 2.30. The van der Waals surface area contributed by atoms with Crippen LogP contribution in [0.1, 0.15) is 16.8 Å². The van der Waals surface area contributed by atoms with Crippen LogP contribution >= 0.6 is 11.6 Å². The van der Waals surface area contributed by atoms with Crippen LogP contribution in [0.3, 0.4) is 0 Å². The molecule has 0 unspecified atom stereocenters. The third-order valence-corrected chi connectivity index (χ3v) is 3.76. The predicted octanol–water partition coefficient (Wildman–Crippen LogP) is 3.45. The van der Waals surface area contributed by atoms with Gasteiger partial charge in [0.15, 0.2) is 6.61 Å². The quantitative estimate of drug-likeness (QED) is 0.695. The zero-order valence-electron chi connectivity index (χ0n) is 14.1. The molecule has 0 bridgehead atoms. The van der Waals surface area contributed by atoms with Crippen molar-refractivity contribution in [2.24, 2.45) is 0 Å². The number of anilines is 1. The van der Waals surface area contributed by atoms with Gasteiger partial charge in [0, 0.05) is 17.3 Å². The molecular formula is C19H17ClN2O4. The molecule has 0 atom stereocenters. The maximum absolute atomic E-state index is 12.5. The molecule has 0 saturated carbocycles. The Morgan fingerprint density at radius 1 is 1.19 bits per heavy atom. The molecule has 1 amide bonds. The highest BCUT2D eigenvalue weighted by molar-refractivity contribution is 6.30. The van der Waals surface area contributed by atoms with Gasteiger partial charge in [-0.3, -0.25) is 4.79 Å². The minimum atomic E-state index is -0.665. The van der Waals surface area contributed by atoms with E-state index in [1.807, 2.05) is 6.07 Å². The summed E-state index contributed by atoms with van der Waals surface area (Å²) in [5, 5.41) is 9.27. The van der Waals surface area contributed by atoms with Crippen molar-refractivity contribution in [2.75, 3.05) is 25.2 Å². The molecule has 0 heterocycles. The number of hydrogen-bond donors (Lipinski definition) is 0. The fourth-order valence-corrected chi connectivity index (χ4v) is 2.48. The topological polar surface area (TPSA) is 79.6 Å². The molecule has 7 heteroatoms. The van der Waals surface area contributed by atoms with E-state index in [4.69, 9.17) is 26.3 Å². The second-order valence-corrected chi connectivity index (χ2v) is 5.65. The summed E-state index contributed by atoms with van der Waals surface area (Å²) >= 11 is 5.97. The highest BCUT2D eigenvalue weighted by Crippen LogP contribution is 2.21. The van der Waals surface area contributed by atoms with Crippen molar-refractivity contribution in [1.82, 2.24) is 0 Å². The first-order valence-electron chi connectivity index (χ1n) is 7.80. The maximum Gasteiger partial charge on any atom is 0.342 e. The number of amides is 1. The van der Waals surface area contributed by atoms with Gasteiger partial charge in [-0.2, -0.15) is 5.26 Å². The lowest BCUT2D eigenvalue weighted by Crippen LogP contribution is -2.35. The molecule has 6 nitrogen and oxygen atoms in total. The van der Waals surface area contributed by atoms with E-state index < -0.39 is 18.5 Å². The number of carbonyl (C=O) groups is 2. The molecule has 134 valence electrons. The number of rotatable bonds is 7. The van der Waals surface area contributed by atoms with Crippen LogP contribution in [0.4, 0.5) is 5.69 Å². The van der Waals surface area contributed by atoms with Crippen molar-refractivity contribution in [1.29, 1.82) is 5.26 Å². The van der Waals surface area contributed by atoms with Gasteiger partial charge in [0.05, 0.1) is 19.6 Å². The molecule has 2 aromatic rings. The summed E-state index contributed by atoms with van der Waals surface area (Å²) < 4.78 is 10.2. The van der Waals surface area contributed by atoms with E-state index in [-0.39, 0.29) is 18.5 Å². The Morgan fingerprint density at radius 3 is 2.65 bits per heavy atom. The van der Waals surface area contributed by atoms with Gasteiger partial charge in [-0.15, -0.1) is 0 Å². The van der Waals surface area contributed by atoms with E-state index in [0.29, 0.717) is 16.5 Å². The average Bonchev–Trinajstić information content (AvgIpc) is 2.66. The van der Waals surface area contributed by atoms with E-state index in [0.717, 1.165) is 0 Å². The molecule has 2 rings (SSSR count). The summed E-state index contributed by atoms with van der Waals surface area (Å²) in [7, 11) is 1.44. The monoisotopic (exact) mass is 372 g/mol. The van der Waals surface area contributed by atoms with Crippen molar-refractivity contribution in [3.63, 3.8) is 0 Å². The zero-order chi connectivity index (χ0) is 18.9. The second kappa shape index (κ2) is 9.44. The number of esters is 1. The largest absolute Gasteiger partial charge is 0.496 e. The molecule has 0 aromatic heterocycles. The van der Waals surface area contributed by atoms with Gasteiger partial charge in [-0.25, -0.2) is 4.79 Å². The van der Waals surface area contributed by atoms with Crippen molar-refractivity contribution >= 4 is 29.2 Å². The van der Waals surface area contributed by atoms with Crippen molar-refractivity contribution in [3.8, 4) is 11.8 Å². The lowest BCUT2D eigenvalue weighted by Gasteiger charge is -2.22. The minimum Gasteiger partial charge on any atom is -0.496 e. The fraction of sp³-hybridized carbons (Fsp3) is 0.211. The normalized spacial score (nSPS) is 9.88. The molecule has 0 aliphatic carbocycles. The maximum atomic E-state index is 12.5. The number of para-hydroxylation sites is 1. The third kappa shape index (κ3) is 4.98. The number of methoxy groups -OCH3 is 1. The molecule has 0 spiro atoms. The first-order valence-corrected chi connectivity index (χ1v) is 8.17. The molecular weight excluding hydrogens is 356 g/mol. The molecule has 0 aliphatic rings. The average molecular weight is 373 g/mol. The van der Waals surface area contributed by atoms with Gasteiger partial charge in [-0.05, 0) is 30.3 Å². The van der Waals surface area contributed by atoms with Crippen LogP contribution in [0, 0.1) is 11.3 Å². The molecule has 0 radical (unpaired) electrons. The predicted molar refractivity (Wildman–Crippen MR) is 97.3 cm³/mol. The highest BCUT2D eigenvalue weighted by Gasteiger charge is 2.19. The van der Waals surface area contributed by atoms with Gasteiger partial charge in [0.25, 0.3) is 5.91 Å². The Kier molecular flexibility index (Phi) is 7.01. The van der Waals surface area contributed by atoms with Gasteiger partial charge < -0.3 is 14.4 Å². The van der Waals surface area contributed by atoms with E-state index in [9.17, 15) is 9.59 Å². The summed E-state index contributed by atoms with van der Waals surface area (Å²) in [4.78, 5) is 26.1. The van der Waals surface area contributed by atoms with Gasteiger partial charge >= 0.3 is 5.97 Å². The third-order valence-electron chi connectivity index (χ3n) is 3.52. The van der Waals surface area contributed by atoms with Gasteiger partial charge in [0.1, 0.15) is 11.3 Å². The Balaban J connectivity index is 2.09. The van der Waals surface area contributed by atoms with Gasteiger partial charge in [-0.1, -0.05) is 29.8 Å². The molecule has 26 heavy (non-hydrogen) atoms. The van der Waals surface area contributed by atoms with Crippen molar-refractivity contribution in [3.05, 3.63) is 59.1 Å².